The first-order valence-corrected chi connectivity index (χ1v) is 6.38. The number of carbonyl (C=O) groups excluding carboxylic acids is 1. The van der Waals surface area contributed by atoms with Gasteiger partial charge < -0.3 is 9.47 Å². The minimum absolute atomic E-state index is 0.0541. The van der Waals surface area contributed by atoms with Crippen molar-refractivity contribution in [2.45, 2.75) is 25.6 Å². The number of pyridine rings is 1. The van der Waals surface area contributed by atoms with Gasteiger partial charge in [0.15, 0.2) is 0 Å². The van der Waals surface area contributed by atoms with Gasteiger partial charge in [0.2, 0.25) is 5.91 Å². The molecule has 7 heteroatoms. The molecule has 0 N–H and O–H groups in total. The lowest BCUT2D eigenvalue weighted by molar-refractivity contribution is -0.188. The maximum absolute atomic E-state index is 12.7. The average Bonchev–Trinajstić information content (AvgIpc) is 2.40. The number of rotatable bonds is 2. The zero-order chi connectivity index (χ0) is 14.8. The molecular formula is C13H15F3N2O2. The first kappa shape index (κ1) is 14.6. The number of nitrogens with zero attached hydrogens (tertiary/aromatic N) is 2. The Morgan fingerprint density at radius 1 is 1.35 bits per heavy atom. The van der Waals surface area contributed by atoms with E-state index in [-0.39, 0.29) is 25.1 Å². The largest absolute Gasteiger partial charge is 0.393 e. The molecule has 1 aliphatic heterocycles. The van der Waals surface area contributed by atoms with Gasteiger partial charge >= 0.3 is 6.18 Å². The van der Waals surface area contributed by atoms with Crippen LogP contribution in [0.5, 0.6) is 0 Å². The molecule has 1 aliphatic rings. The van der Waals surface area contributed by atoms with Crippen LogP contribution in [0.25, 0.3) is 0 Å². The van der Waals surface area contributed by atoms with Crippen LogP contribution in [-0.2, 0) is 11.3 Å². The molecule has 1 aromatic heterocycles. The van der Waals surface area contributed by atoms with E-state index < -0.39 is 18.0 Å². The quantitative estimate of drug-likeness (QED) is 0.830. The number of halogens is 3. The van der Waals surface area contributed by atoms with E-state index in [1.807, 2.05) is 0 Å². The summed E-state index contributed by atoms with van der Waals surface area (Å²) in [5, 5.41) is 0. The molecule has 4 nitrogen and oxygen atoms in total. The fourth-order valence-electron chi connectivity index (χ4n) is 2.31. The SMILES string of the molecule is O=C(Cn1ccccc1=O)N1CCC[C@H](C(F)(F)F)C1. The maximum atomic E-state index is 12.7. The number of hydrogen-bond donors (Lipinski definition) is 0. The van der Waals surface area contributed by atoms with E-state index in [1.165, 1.54) is 21.7 Å². The van der Waals surface area contributed by atoms with Gasteiger partial charge in [0.1, 0.15) is 6.54 Å². The van der Waals surface area contributed by atoms with E-state index in [1.54, 1.807) is 12.1 Å². The number of alkyl halides is 3. The van der Waals surface area contributed by atoms with E-state index in [4.69, 9.17) is 0 Å². The van der Waals surface area contributed by atoms with Crippen LogP contribution < -0.4 is 5.56 Å². The van der Waals surface area contributed by atoms with Crippen LogP contribution >= 0.6 is 0 Å². The molecule has 2 rings (SSSR count). The van der Waals surface area contributed by atoms with Gasteiger partial charge in [-0.05, 0) is 18.9 Å². The Hall–Kier alpha value is -1.79. The molecule has 110 valence electrons. The van der Waals surface area contributed by atoms with Gasteiger partial charge in [-0.15, -0.1) is 0 Å². The van der Waals surface area contributed by atoms with Gasteiger partial charge in [-0.2, -0.15) is 13.2 Å². The fraction of sp³-hybridized carbons (Fsp3) is 0.538. The topological polar surface area (TPSA) is 42.3 Å². The zero-order valence-electron chi connectivity index (χ0n) is 10.8. The predicted octanol–water partition coefficient (Wildman–Crippen LogP) is 1.65. The van der Waals surface area contributed by atoms with E-state index in [0.717, 1.165) is 0 Å². The Morgan fingerprint density at radius 2 is 2.10 bits per heavy atom. The lowest BCUT2D eigenvalue weighted by Gasteiger charge is -2.33. The highest BCUT2D eigenvalue weighted by Crippen LogP contribution is 2.33. The van der Waals surface area contributed by atoms with E-state index >= 15 is 0 Å². The molecular weight excluding hydrogens is 273 g/mol. The molecule has 0 bridgehead atoms. The van der Waals surface area contributed by atoms with Crippen molar-refractivity contribution in [3.05, 3.63) is 34.7 Å². The number of hydrogen-bond acceptors (Lipinski definition) is 2. The molecule has 1 aromatic rings. The Kier molecular flexibility index (Phi) is 4.15. The Labute approximate surface area is 113 Å². The van der Waals surface area contributed by atoms with Crippen molar-refractivity contribution in [2.75, 3.05) is 13.1 Å². The summed E-state index contributed by atoms with van der Waals surface area (Å²) in [5.41, 5.74) is -0.342. The number of piperidine rings is 1. The van der Waals surface area contributed by atoms with Crippen LogP contribution in [0, 0.1) is 5.92 Å². The number of carbonyl (C=O) groups is 1. The third-order valence-electron chi connectivity index (χ3n) is 3.44. The summed E-state index contributed by atoms with van der Waals surface area (Å²) in [6.45, 7) is -0.221. The zero-order valence-corrected chi connectivity index (χ0v) is 10.8. The standard InChI is InChI=1S/C13H15F3N2O2/c14-13(15,16)10-4-3-7-17(8-10)12(20)9-18-6-2-1-5-11(18)19/h1-2,5-6,10H,3-4,7-9H2/t10-/m0/s1. The van der Waals surface area contributed by atoms with Crippen LogP contribution in [-0.4, -0.2) is 34.6 Å². The highest BCUT2D eigenvalue weighted by atomic mass is 19.4. The second kappa shape index (κ2) is 5.68. The van der Waals surface area contributed by atoms with Crippen molar-refractivity contribution >= 4 is 5.91 Å². The van der Waals surface area contributed by atoms with Crippen molar-refractivity contribution < 1.29 is 18.0 Å². The summed E-state index contributed by atoms with van der Waals surface area (Å²) in [4.78, 5) is 24.7. The smallest absolute Gasteiger partial charge is 0.341 e. The third kappa shape index (κ3) is 3.40. The fourth-order valence-corrected chi connectivity index (χ4v) is 2.31. The van der Waals surface area contributed by atoms with E-state index in [2.05, 4.69) is 0 Å². The molecule has 0 spiro atoms. The second-order valence-corrected chi connectivity index (χ2v) is 4.89. The van der Waals surface area contributed by atoms with Crippen LogP contribution in [0.1, 0.15) is 12.8 Å². The summed E-state index contributed by atoms with van der Waals surface area (Å²) >= 11 is 0. The van der Waals surface area contributed by atoms with Crippen LogP contribution in [0.3, 0.4) is 0 Å². The molecule has 0 unspecified atom stereocenters. The molecule has 0 aliphatic carbocycles. The van der Waals surface area contributed by atoms with Crippen molar-refractivity contribution in [1.29, 1.82) is 0 Å². The van der Waals surface area contributed by atoms with E-state index in [9.17, 15) is 22.8 Å². The van der Waals surface area contributed by atoms with Crippen LogP contribution in [0.4, 0.5) is 13.2 Å². The van der Waals surface area contributed by atoms with Crippen LogP contribution in [0.15, 0.2) is 29.2 Å². The van der Waals surface area contributed by atoms with Crippen molar-refractivity contribution in [3.8, 4) is 0 Å². The van der Waals surface area contributed by atoms with Gasteiger partial charge in [0.05, 0.1) is 5.92 Å². The summed E-state index contributed by atoms with van der Waals surface area (Å²) < 4.78 is 39.2. The molecule has 0 aromatic carbocycles. The molecule has 1 fully saturated rings. The first-order valence-electron chi connectivity index (χ1n) is 6.38. The van der Waals surface area contributed by atoms with E-state index in [0.29, 0.717) is 13.0 Å². The molecule has 1 amide bonds. The van der Waals surface area contributed by atoms with Crippen molar-refractivity contribution in [2.24, 2.45) is 5.92 Å². The Bertz CT molecular complexity index is 539. The van der Waals surface area contributed by atoms with Gasteiger partial charge in [-0.1, -0.05) is 6.07 Å². The minimum Gasteiger partial charge on any atom is -0.341 e. The predicted molar refractivity (Wildman–Crippen MR) is 66.1 cm³/mol. The summed E-state index contributed by atoms with van der Waals surface area (Å²) in [6, 6.07) is 4.45. The Balaban J connectivity index is 2.03. The highest BCUT2D eigenvalue weighted by Gasteiger charge is 2.42. The normalized spacial score (nSPS) is 19.9. The average molecular weight is 288 g/mol. The molecule has 1 saturated heterocycles. The van der Waals surface area contributed by atoms with Gasteiger partial charge in [-0.25, -0.2) is 0 Å². The Morgan fingerprint density at radius 3 is 2.75 bits per heavy atom. The number of amides is 1. The highest BCUT2D eigenvalue weighted by molar-refractivity contribution is 5.76. The van der Waals surface area contributed by atoms with Crippen molar-refractivity contribution in [1.82, 2.24) is 9.47 Å². The molecule has 0 radical (unpaired) electrons. The second-order valence-electron chi connectivity index (χ2n) is 4.89. The molecule has 1 atom stereocenters. The molecule has 2 heterocycles. The summed E-state index contributed by atoms with van der Waals surface area (Å²) in [6.07, 6.45) is -2.44. The summed E-state index contributed by atoms with van der Waals surface area (Å²) in [7, 11) is 0. The third-order valence-corrected chi connectivity index (χ3v) is 3.44. The summed E-state index contributed by atoms with van der Waals surface area (Å²) in [5.74, 6) is -1.92. The van der Waals surface area contributed by atoms with Gasteiger partial charge in [0, 0.05) is 25.4 Å². The van der Waals surface area contributed by atoms with Crippen LogP contribution in [0.2, 0.25) is 0 Å². The first-order chi connectivity index (χ1) is 9.38. The lowest BCUT2D eigenvalue weighted by atomic mass is 9.97. The number of likely N-dealkylation sites (tertiary alicyclic amines) is 1. The maximum Gasteiger partial charge on any atom is 0.393 e. The number of aromatic nitrogens is 1. The molecule has 0 saturated carbocycles. The van der Waals surface area contributed by atoms with Crippen molar-refractivity contribution in [3.63, 3.8) is 0 Å². The molecule has 20 heavy (non-hydrogen) atoms. The minimum atomic E-state index is -4.28. The lowest BCUT2D eigenvalue weighted by Crippen LogP contribution is -2.46. The van der Waals surface area contributed by atoms with Gasteiger partial charge in [0.25, 0.3) is 5.56 Å². The van der Waals surface area contributed by atoms with Gasteiger partial charge in [-0.3, -0.25) is 9.59 Å². The monoisotopic (exact) mass is 288 g/mol.